The minimum absolute atomic E-state index is 0.333. The summed E-state index contributed by atoms with van der Waals surface area (Å²) in [7, 11) is 0. The Morgan fingerprint density at radius 1 is 1.28 bits per heavy atom. The first kappa shape index (κ1) is 14.3. The van der Waals surface area contributed by atoms with Gasteiger partial charge in [0.15, 0.2) is 0 Å². The molecule has 0 saturated heterocycles. The summed E-state index contributed by atoms with van der Waals surface area (Å²) in [5, 5.41) is 0. The third-order valence-corrected chi connectivity index (χ3v) is 2.36. The van der Waals surface area contributed by atoms with E-state index in [2.05, 4.69) is 6.92 Å². The Morgan fingerprint density at radius 3 is 2.78 bits per heavy atom. The molecule has 1 aromatic carbocycles. The quantitative estimate of drug-likeness (QED) is 0.421. The maximum absolute atomic E-state index is 11.2. The van der Waals surface area contributed by atoms with Crippen molar-refractivity contribution in [2.75, 3.05) is 13.2 Å². The van der Waals surface area contributed by atoms with Crippen molar-refractivity contribution in [3.8, 4) is 5.75 Å². The average molecular weight is 248 g/mol. The average Bonchev–Trinajstić information content (AvgIpc) is 2.38. The standard InChI is InChI=1S/C15H20O3/c1-3-5-12-18-14-9-7-6-8-13(14)10-11-15(16)17-4-2/h6-11H,3-5,12H2,1-2H3/b11-10+. The van der Waals surface area contributed by atoms with Crippen LogP contribution in [0.5, 0.6) is 5.75 Å². The molecule has 0 saturated carbocycles. The van der Waals surface area contributed by atoms with Crippen molar-refractivity contribution in [2.24, 2.45) is 0 Å². The number of hydrogen-bond donors (Lipinski definition) is 0. The van der Waals surface area contributed by atoms with Gasteiger partial charge in [0.2, 0.25) is 0 Å². The minimum atomic E-state index is -0.333. The second-order valence-corrected chi connectivity index (χ2v) is 3.83. The number of para-hydroxylation sites is 1. The van der Waals surface area contributed by atoms with Crippen LogP contribution in [0.4, 0.5) is 0 Å². The summed E-state index contributed by atoms with van der Waals surface area (Å²) in [5.74, 6) is 0.465. The zero-order chi connectivity index (χ0) is 13.2. The lowest BCUT2D eigenvalue weighted by atomic mass is 10.2. The van der Waals surface area contributed by atoms with Crippen LogP contribution in [0, 0.1) is 0 Å². The summed E-state index contributed by atoms with van der Waals surface area (Å²) in [6.45, 7) is 4.99. The van der Waals surface area contributed by atoms with Gasteiger partial charge in [-0.2, -0.15) is 0 Å². The first-order valence-corrected chi connectivity index (χ1v) is 6.34. The van der Waals surface area contributed by atoms with Crippen molar-refractivity contribution >= 4 is 12.0 Å². The number of benzene rings is 1. The highest BCUT2D eigenvalue weighted by molar-refractivity contribution is 5.87. The number of carbonyl (C=O) groups is 1. The predicted molar refractivity (Wildman–Crippen MR) is 72.5 cm³/mol. The van der Waals surface area contributed by atoms with E-state index in [9.17, 15) is 4.79 Å². The van der Waals surface area contributed by atoms with E-state index in [0.717, 1.165) is 24.2 Å². The molecule has 0 atom stereocenters. The first-order valence-electron chi connectivity index (χ1n) is 6.34. The molecule has 18 heavy (non-hydrogen) atoms. The fourth-order valence-corrected chi connectivity index (χ4v) is 1.42. The molecule has 0 bridgehead atoms. The molecule has 0 amide bonds. The van der Waals surface area contributed by atoms with Gasteiger partial charge in [-0.05, 0) is 25.5 Å². The van der Waals surface area contributed by atoms with Crippen LogP contribution >= 0.6 is 0 Å². The van der Waals surface area contributed by atoms with Crippen molar-refractivity contribution < 1.29 is 14.3 Å². The van der Waals surface area contributed by atoms with Crippen LogP contribution < -0.4 is 4.74 Å². The normalized spacial score (nSPS) is 10.6. The van der Waals surface area contributed by atoms with Gasteiger partial charge in [0.1, 0.15) is 5.75 Å². The lowest BCUT2D eigenvalue weighted by Crippen LogP contribution is -2.00. The van der Waals surface area contributed by atoms with E-state index in [1.165, 1.54) is 6.08 Å². The van der Waals surface area contributed by atoms with Gasteiger partial charge in [-0.1, -0.05) is 31.5 Å². The topological polar surface area (TPSA) is 35.5 Å². The van der Waals surface area contributed by atoms with E-state index in [1.807, 2.05) is 24.3 Å². The Balaban J connectivity index is 2.66. The van der Waals surface area contributed by atoms with Gasteiger partial charge < -0.3 is 9.47 Å². The molecule has 0 spiro atoms. The Hall–Kier alpha value is -1.77. The summed E-state index contributed by atoms with van der Waals surface area (Å²) in [4.78, 5) is 11.2. The maximum Gasteiger partial charge on any atom is 0.330 e. The van der Waals surface area contributed by atoms with E-state index >= 15 is 0 Å². The van der Waals surface area contributed by atoms with Crippen LogP contribution in [0.2, 0.25) is 0 Å². The highest BCUT2D eigenvalue weighted by Gasteiger charge is 2.00. The highest BCUT2D eigenvalue weighted by Crippen LogP contribution is 2.19. The van der Waals surface area contributed by atoms with Crippen LogP contribution in [-0.4, -0.2) is 19.2 Å². The second kappa shape index (κ2) is 8.34. The third-order valence-electron chi connectivity index (χ3n) is 2.36. The molecule has 0 heterocycles. The van der Waals surface area contributed by atoms with E-state index in [-0.39, 0.29) is 5.97 Å². The van der Waals surface area contributed by atoms with E-state index in [0.29, 0.717) is 13.2 Å². The zero-order valence-corrected chi connectivity index (χ0v) is 11.0. The fraction of sp³-hybridized carbons (Fsp3) is 0.400. The van der Waals surface area contributed by atoms with E-state index < -0.39 is 0 Å². The number of rotatable bonds is 7. The molecule has 0 radical (unpaired) electrons. The molecule has 0 unspecified atom stereocenters. The van der Waals surface area contributed by atoms with Gasteiger partial charge in [0.05, 0.1) is 13.2 Å². The van der Waals surface area contributed by atoms with Crippen molar-refractivity contribution in [3.05, 3.63) is 35.9 Å². The highest BCUT2D eigenvalue weighted by atomic mass is 16.5. The lowest BCUT2D eigenvalue weighted by Gasteiger charge is -2.08. The summed E-state index contributed by atoms with van der Waals surface area (Å²) < 4.78 is 10.5. The molecule has 98 valence electrons. The SMILES string of the molecule is CCCCOc1ccccc1/C=C/C(=O)OCC. The summed E-state index contributed by atoms with van der Waals surface area (Å²) in [6.07, 6.45) is 5.27. The van der Waals surface area contributed by atoms with Crippen molar-refractivity contribution in [1.29, 1.82) is 0 Å². The maximum atomic E-state index is 11.2. The number of esters is 1. The molecule has 0 N–H and O–H groups in total. The number of unbranched alkanes of at least 4 members (excludes halogenated alkanes) is 1. The second-order valence-electron chi connectivity index (χ2n) is 3.83. The summed E-state index contributed by atoms with van der Waals surface area (Å²) in [5.41, 5.74) is 0.890. The van der Waals surface area contributed by atoms with Crippen LogP contribution in [0.25, 0.3) is 6.08 Å². The van der Waals surface area contributed by atoms with Crippen LogP contribution in [0.15, 0.2) is 30.3 Å². The van der Waals surface area contributed by atoms with Gasteiger partial charge in [0.25, 0.3) is 0 Å². The van der Waals surface area contributed by atoms with Crippen LogP contribution in [0.1, 0.15) is 32.3 Å². The van der Waals surface area contributed by atoms with Gasteiger partial charge >= 0.3 is 5.97 Å². The number of hydrogen-bond acceptors (Lipinski definition) is 3. The number of ether oxygens (including phenoxy) is 2. The Morgan fingerprint density at radius 2 is 2.06 bits per heavy atom. The summed E-state index contributed by atoms with van der Waals surface area (Å²) in [6, 6.07) is 7.65. The number of carbonyl (C=O) groups excluding carboxylic acids is 1. The largest absolute Gasteiger partial charge is 0.493 e. The van der Waals surface area contributed by atoms with Crippen molar-refractivity contribution in [2.45, 2.75) is 26.7 Å². The molecule has 3 heteroatoms. The molecule has 0 aliphatic heterocycles. The molecule has 1 aromatic rings. The molecule has 0 aliphatic rings. The van der Waals surface area contributed by atoms with Crippen LogP contribution in [-0.2, 0) is 9.53 Å². The fourth-order valence-electron chi connectivity index (χ4n) is 1.42. The molecular formula is C15H20O3. The molecule has 0 aromatic heterocycles. The molecule has 1 rings (SSSR count). The molecule has 0 aliphatic carbocycles. The van der Waals surface area contributed by atoms with Gasteiger partial charge in [-0.15, -0.1) is 0 Å². The third kappa shape index (κ3) is 5.04. The molecule has 0 fully saturated rings. The molecule has 3 nitrogen and oxygen atoms in total. The first-order chi connectivity index (χ1) is 8.77. The van der Waals surface area contributed by atoms with Crippen molar-refractivity contribution in [1.82, 2.24) is 0 Å². The van der Waals surface area contributed by atoms with Crippen LogP contribution in [0.3, 0.4) is 0 Å². The monoisotopic (exact) mass is 248 g/mol. The Labute approximate surface area is 108 Å². The Bertz CT molecular complexity index is 396. The van der Waals surface area contributed by atoms with E-state index in [1.54, 1.807) is 13.0 Å². The van der Waals surface area contributed by atoms with Gasteiger partial charge in [-0.25, -0.2) is 4.79 Å². The van der Waals surface area contributed by atoms with Gasteiger partial charge in [0, 0.05) is 11.6 Å². The van der Waals surface area contributed by atoms with Crippen molar-refractivity contribution in [3.63, 3.8) is 0 Å². The van der Waals surface area contributed by atoms with E-state index in [4.69, 9.17) is 9.47 Å². The Kier molecular flexibility index (Phi) is 6.62. The summed E-state index contributed by atoms with van der Waals surface area (Å²) >= 11 is 0. The smallest absolute Gasteiger partial charge is 0.330 e. The zero-order valence-electron chi connectivity index (χ0n) is 11.0. The minimum Gasteiger partial charge on any atom is -0.493 e. The lowest BCUT2D eigenvalue weighted by molar-refractivity contribution is -0.137. The molecular weight excluding hydrogens is 228 g/mol. The van der Waals surface area contributed by atoms with Gasteiger partial charge in [-0.3, -0.25) is 0 Å². The predicted octanol–water partition coefficient (Wildman–Crippen LogP) is 3.44.